The molecule has 0 fully saturated rings. The molecule has 0 aromatic rings. The lowest BCUT2D eigenvalue weighted by atomic mass is 9.43. The van der Waals surface area contributed by atoms with Crippen LogP contribution >= 0.6 is 0 Å². The van der Waals surface area contributed by atoms with Crippen LogP contribution in [0.15, 0.2) is 0 Å². The minimum atomic E-state index is -0.495. The van der Waals surface area contributed by atoms with Gasteiger partial charge in [-0.05, 0) is 110 Å². The first kappa shape index (κ1) is 43.6. The van der Waals surface area contributed by atoms with Crippen LogP contribution in [0.2, 0.25) is 0 Å². The Hall–Kier alpha value is -0.370. The van der Waals surface area contributed by atoms with Gasteiger partial charge in [-0.25, -0.2) is 0 Å². The van der Waals surface area contributed by atoms with Crippen LogP contribution in [-0.4, -0.2) is 29.3 Å². The Balaban J connectivity index is 6.90. The molecule has 0 heterocycles. The van der Waals surface area contributed by atoms with E-state index < -0.39 is 11.0 Å². The number of ketones is 1. The molecule has 0 N–H and O–H groups in total. The summed E-state index contributed by atoms with van der Waals surface area (Å²) < 4.78 is 0. The van der Waals surface area contributed by atoms with Gasteiger partial charge in [0.2, 0.25) is 0 Å². The zero-order valence-corrected chi connectivity index (χ0v) is 35.1. The first-order chi connectivity index (χ1) is 19.3. The van der Waals surface area contributed by atoms with E-state index >= 15 is 0 Å². The van der Waals surface area contributed by atoms with Crippen molar-refractivity contribution >= 4 is 5.78 Å². The highest BCUT2D eigenvalue weighted by atomic mass is 16.1. The molecule has 0 spiro atoms. The molecule has 0 saturated carbocycles. The van der Waals surface area contributed by atoms with Gasteiger partial charge in [0.15, 0.2) is 5.78 Å². The van der Waals surface area contributed by atoms with E-state index in [-0.39, 0.29) is 27.1 Å². The Morgan fingerprint density at radius 1 is 0.636 bits per heavy atom. The zero-order chi connectivity index (χ0) is 35.9. The van der Waals surface area contributed by atoms with Crippen molar-refractivity contribution in [1.29, 1.82) is 0 Å². The van der Waals surface area contributed by atoms with E-state index in [1.165, 1.54) is 12.8 Å². The summed E-state index contributed by atoms with van der Waals surface area (Å²) in [4.78, 5) is 17.3. The lowest BCUT2D eigenvalue weighted by Gasteiger charge is -2.62. The van der Waals surface area contributed by atoms with Crippen molar-refractivity contribution in [3.05, 3.63) is 0 Å². The molecule has 0 aromatic carbocycles. The standard InChI is InChI=1S/C42H85NO/c1-25-41(22,34(44)42(23,26-2)43(24)31(7)8)39(19,20)38(17,18)33(10)40(21,30(5)6)27-32(9)37(15,16)36(13,14)28-35(11,12)29(3)4/h29-33H,25-28H2,1-24H3. The summed E-state index contributed by atoms with van der Waals surface area (Å²) in [5, 5.41) is 0. The van der Waals surface area contributed by atoms with Crippen LogP contribution in [-0.2, 0) is 4.79 Å². The van der Waals surface area contributed by atoms with Crippen LogP contribution in [0, 0.1) is 61.6 Å². The molecule has 0 saturated heterocycles. The Bertz CT molecular complexity index is 933. The normalized spacial score (nSPS) is 20.1. The third kappa shape index (κ3) is 7.51. The van der Waals surface area contributed by atoms with Crippen LogP contribution in [0.5, 0.6) is 0 Å². The summed E-state index contributed by atoms with van der Waals surface area (Å²) in [6.07, 6.45) is 4.07. The van der Waals surface area contributed by atoms with E-state index in [1.807, 2.05) is 0 Å². The second-order valence-corrected chi connectivity index (χ2v) is 20.1. The molecule has 0 aliphatic heterocycles. The quantitative estimate of drug-likeness (QED) is 0.152. The fourth-order valence-corrected chi connectivity index (χ4v) is 8.76. The summed E-state index contributed by atoms with van der Waals surface area (Å²) in [6, 6.07) is 0.310. The fraction of sp³-hybridized carbons (Fsp3) is 0.976. The van der Waals surface area contributed by atoms with Gasteiger partial charge in [-0.1, -0.05) is 138 Å². The van der Waals surface area contributed by atoms with Crippen LogP contribution < -0.4 is 0 Å². The largest absolute Gasteiger partial charge is 0.297 e. The molecule has 0 radical (unpaired) electrons. The molecule has 0 bridgehead atoms. The Kier molecular flexibility index (Phi) is 13.9. The molecule has 0 aliphatic rings. The number of Topliss-reactive ketones (excluding diaryl/α,β-unsaturated/α-hetero) is 1. The molecule has 5 atom stereocenters. The second-order valence-electron chi connectivity index (χ2n) is 20.1. The van der Waals surface area contributed by atoms with Crippen LogP contribution in [0.25, 0.3) is 0 Å². The monoisotopic (exact) mass is 620 g/mol. The molecule has 0 aromatic heterocycles. The zero-order valence-electron chi connectivity index (χ0n) is 35.1. The van der Waals surface area contributed by atoms with E-state index in [2.05, 4.69) is 171 Å². The minimum absolute atomic E-state index is 0.0868. The van der Waals surface area contributed by atoms with Crippen molar-refractivity contribution < 1.29 is 4.79 Å². The maximum atomic E-state index is 14.9. The maximum Gasteiger partial charge on any atom is 0.159 e. The molecule has 2 heteroatoms. The molecule has 0 amide bonds. The number of nitrogens with zero attached hydrogens (tertiary/aromatic N) is 1. The van der Waals surface area contributed by atoms with Gasteiger partial charge in [0, 0.05) is 11.5 Å². The predicted octanol–water partition coefficient (Wildman–Crippen LogP) is 13.0. The van der Waals surface area contributed by atoms with Gasteiger partial charge in [0.25, 0.3) is 0 Å². The molecule has 264 valence electrons. The molecule has 5 unspecified atom stereocenters. The summed E-state index contributed by atoms with van der Waals surface area (Å²) in [7, 11) is 2.14. The van der Waals surface area contributed by atoms with Gasteiger partial charge >= 0.3 is 0 Å². The van der Waals surface area contributed by atoms with Gasteiger partial charge in [-0.3, -0.25) is 9.69 Å². The molecular weight excluding hydrogens is 534 g/mol. The number of hydrogen-bond acceptors (Lipinski definition) is 2. The molecular formula is C42H85NO. The van der Waals surface area contributed by atoms with E-state index in [0.717, 1.165) is 12.8 Å². The van der Waals surface area contributed by atoms with E-state index in [1.54, 1.807) is 0 Å². The highest BCUT2D eigenvalue weighted by Crippen LogP contribution is 2.64. The van der Waals surface area contributed by atoms with Crippen molar-refractivity contribution in [3.63, 3.8) is 0 Å². The molecule has 44 heavy (non-hydrogen) atoms. The molecule has 2 nitrogen and oxygen atoms in total. The number of rotatable bonds is 18. The lowest BCUT2D eigenvalue weighted by Crippen LogP contribution is -2.63. The summed E-state index contributed by atoms with van der Waals surface area (Å²) in [5.74, 6) is 2.55. The van der Waals surface area contributed by atoms with Gasteiger partial charge in [0.1, 0.15) is 0 Å². The SMILES string of the molecule is CCC(C)(C(=O)C(C)(CC)C(C)(C)C(C)(C)C(C)C(C)(CC(C)C(C)(C)C(C)(C)CC(C)(C)C(C)C)C(C)C)N(C)C(C)C. The number of carbonyl (C=O) groups is 1. The van der Waals surface area contributed by atoms with Crippen molar-refractivity contribution in [2.24, 2.45) is 61.6 Å². The fourth-order valence-electron chi connectivity index (χ4n) is 8.76. The average Bonchev–Trinajstić information content (AvgIpc) is 2.89. The summed E-state index contributed by atoms with van der Waals surface area (Å²) >= 11 is 0. The average molecular weight is 620 g/mol. The number of carbonyl (C=O) groups excluding carboxylic acids is 1. The first-order valence-corrected chi connectivity index (χ1v) is 18.5. The maximum absolute atomic E-state index is 14.9. The smallest absolute Gasteiger partial charge is 0.159 e. The highest BCUT2D eigenvalue weighted by Gasteiger charge is 2.61. The van der Waals surface area contributed by atoms with Crippen molar-refractivity contribution in [2.75, 3.05) is 7.05 Å². The van der Waals surface area contributed by atoms with E-state index in [9.17, 15) is 4.79 Å². The van der Waals surface area contributed by atoms with E-state index in [0.29, 0.717) is 40.9 Å². The van der Waals surface area contributed by atoms with Crippen LogP contribution in [0.3, 0.4) is 0 Å². The van der Waals surface area contributed by atoms with Crippen molar-refractivity contribution in [3.8, 4) is 0 Å². The van der Waals surface area contributed by atoms with Gasteiger partial charge in [-0.2, -0.15) is 0 Å². The van der Waals surface area contributed by atoms with Gasteiger partial charge in [-0.15, -0.1) is 0 Å². The predicted molar refractivity (Wildman–Crippen MR) is 199 cm³/mol. The Labute approximate surface area is 280 Å². The summed E-state index contributed by atoms with van der Waals surface area (Å²) in [5.41, 5.74) is -0.484. The molecule has 0 aliphatic carbocycles. The van der Waals surface area contributed by atoms with E-state index in [4.69, 9.17) is 0 Å². The third-order valence-corrected chi connectivity index (χ3v) is 16.5. The summed E-state index contributed by atoms with van der Waals surface area (Å²) in [6.45, 7) is 55.5. The Morgan fingerprint density at radius 2 is 1.07 bits per heavy atom. The minimum Gasteiger partial charge on any atom is -0.297 e. The van der Waals surface area contributed by atoms with Gasteiger partial charge in [0.05, 0.1) is 5.54 Å². The second kappa shape index (κ2) is 14.0. The molecule has 0 rings (SSSR count). The lowest BCUT2D eigenvalue weighted by molar-refractivity contribution is -0.165. The number of hydrogen-bond donors (Lipinski definition) is 0. The Morgan fingerprint density at radius 3 is 1.39 bits per heavy atom. The third-order valence-electron chi connectivity index (χ3n) is 16.5. The van der Waals surface area contributed by atoms with Crippen molar-refractivity contribution in [2.45, 2.75) is 197 Å². The highest BCUT2D eigenvalue weighted by molar-refractivity contribution is 5.93. The van der Waals surface area contributed by atoms with Gasteiger partial charge < -0.3 is 0 Å². The topological polar surface area (TPSA) is 20.3 Å². The van der Waals surface area contributed by atoms with Crippen LogP contribution in [0.4, 0.5) is 0 Å². The number of likely N-dealkylation sites (N-methyl/N-ethyl adjacent to an activating group) is 1. The van der Waals surface area contributed by atoms with Crippen molar-refractivity contribution in [1.82, 2.24) is 4.90 Å². The first-order valence-electron chi connectivity index (χ1n) is 18.5. The van der Waals surface area contributed by atoms with Crippen LogP contribution in [0.1, 0.15) is 185 Å².